The molecule has 0 unspecified atom stereocenters. The van der Waals surface area contributed by atoms with Gasteiger partial charge in [0.05, 0.1) is 11.6 Å². The lowest BCUT2D eigenvalue weighted by Gasteiger charge is -2.04. The fraction of sp³-hybridized carbons (Fsp3) is 0.0714. The standard InChI is InChI=1S/C14H11FN2S/c15-12-2-1-10(8-16)11(7-12)9-18-14-5-3-13(17)4-6-14/h1-7H,9,17H2. The molecule has 0 saturated heterocycles. The molecule has 2 rings (SSSR count). The molecule has 0 aliphatic heterocycles. The monoisotopic (exact) mass is 258 g/mol. The fourth-order valence-corrected chi connectivity index (χ4v) is 2.41. The van der Waals surface area contributed by atoms with Crippen molar-refractivity contribution >= 4 is 17.4 Å². The van der Waals surface area contributed by atoms with Crippen LogP contribution in [0.25, 0.3) is 0 Å². The molecular weight excluding hydrogens is 247 g/mol. The van der Waals surface area contributed by atoms with Crippen LogP contribution in [0.3, 0.4) is 0 Å². The van der Waals surface area contributed by atoms with Crippen molar-refractivity contribution in [2.45, 2.75) is 10.6 Å². The van der Waals surface area contributed by atoms with E-state index in [1.165, 1.54) is 18.2 Å². The number of anilines is 1. The second-order valence-electron chi connectivity index (χ2n) is 3.77. The summed E-state index contributed by atoms with van der Waals surface area (Å²) in [6, 6.07) is 13.7. The van der Waals surface area contributed by atoms with E-state index >= 15 is 0 Å². The van der Waals surface area contributed by atoms with Crippen molar-refractivity contribution in [3.8, 4) is 6.07 Å². The van der Waals surface area contributed by atoms with Gasteiger partial charge in [-0.25, -0.2) is 4.39 Å². The fourth-order valence-electron chi connectivity index (χ4n) is 1.52. The highest BCUT2D eigenvalue weighted by Crippen LogP contribution is 2.25. The Balaban J connectivity index is 2.13. The van der Waals surface area contributed by atoms with Crippen molar-refractivity contribution in [3.05, 3.63) is 59.4 Å². The first-order valence-corrected chi connectivity index (χ1v) is 6.34. The minimum Gasteiger partial charge on any atom is -0.399 e. The Morgan fingerprint density at radius 1 is 1.17 bits per heavy atom. The van der Waals surface area contributed by atoms with E-state index in [9.17, 15) is 4.39 Å². The van der Waals surface area contributed by atoms with Gasteiger partial charge in [0.1, 0.15) is 5.82 Å². The molecule has 0 fully saturated rings. The predicted molar refractivity (Wildman–Crippen MR) is 71.5 cm³/mol. The highest BCUT2D eigenvalue weighted by atomic mass is 32.2. The number of halogens is 1. The van der Waals surface area contributed by atoms with Crippen molar-refractivity contribution < 1.29 is 4.39 Å². The van der Waals surface area contributed by atoms with Gasteiger partial charge in [0, 0.05) is 16.3 Å². The van der Waals surface area contributed by atoms with Crippen LogP contribution in [0.4, 0.5) is 10.1 Å². The number of nitrogen functional groups attached to an aromatic ring is 1. The predicted octanol–water partition coefficient (Wildman–Crippen LogP) is 3.57. The van der Waals surface area contributed by atoms with Crippen LogP contribution >= 0.6 is 11.8 Å². The molecule has 2 aromatic carbocycles. The van der Waals surface area contributed by atoms with Gasteiger partial charge < -0.3 is 5.73 Å². The van der Waals surface area contributed by atoms with Gasteiger partial charge in [0.25, 0.3) is 0 Å². The summed E-state index contributed by atoms with van der Waals surface area (Å²) in [5, 5.41) is 8.94. The molecule has 0 aliphatic rings. The zero-order chi connectivity index (χ0) is 13.0. The highest BCUT2D eigenvalue weighted by Gasteiger charge is 2.04. The van der Waals surface area contributed by atoms with Crippen LogP contribution in [0.2, 0.25) is 0 Å². The van der Waals surface area contributed by atoms with Crippen molar-refractivity contribution in [1.82, 2.24) is 0 Å². The lowest BCUT2D eigenvalue weighted by molar-refractivity contribution is 0.626. The summed E-state index contributed by atoms with van der Waals surface area (Å²) in [7, 11) is 0. The van der Waals surface area contributed by atoms with Gasteiger partial charge in [0.2, 0.25) is 0 Å². The topological polar surface area (TPSA) is 49.8 Å². The number of hydrogen-bond acceptors (Lipinski definition) is 3. The van der Waals surface area contributed by atoms with Gasteiger partial charge in [-0.1, -0.05) is 0 Å². The minimum atomic E-state index is -0.318. The van der Waals surface area contributed by atoms with E-state index < -0.39 is 0 Å². The zero-order valence-electron chi connectivity index (χ0n) is 9.56. The van der Waals surface area contributed by atoms with Gasteiger partial charge in [-0.2, -0.15) is 5.26 Å². The average molecular weight is 258 g/mol. The Hall–Kier alpha value is -1.99. The Bertz CT molecular complexity index is 588. The van der Waals surface area contributed by atoms with Crippen molar-refractivity contribution in [2.75, 3.05) is 5.73 Å². The van der Waals surface area contributed by atoms with Gasteiger partial charge in [-0.05, 0) is 48.0 Å². The number of thioether (sulfide) groups is 1. The summed E-state index contributed by atoms with van der Waals surface area (Å²) in [6.45, 7) is 0. The molecule has 0 saturated carbocycles. The molecule has 2 nitrogen and oxygen atoms in total. The maximum Gasteiger partial charge on any atom is 0.123 e. The average Bonchev–Trinajstić information content (AvgIpc) is 2.38. The molecule has 0 aromatic heterocycles. The number of nitriles is 1. The molecule has 2 N–H and O–H groups in total. The van der Waals surface area contributed by atoms with Gasteiger partial charge in [0.15, 0.2) is 0 Å². The lowest BCUT2D eigenvalue weighted by atomic mass is 10.1. The lowest BCUT2D eigenvalue weighted by Crippen LogP contribution is -1.89. The molecule has 0 radical (unpaired) electrons. The zero-order valence-corrected chi connectivity index (χ0v) is 10.4. The maximum absolute atomic E-state index is 13.1. The molecule has 2 aromatic rings. The summed E-state index contributed by atoms with van der Waals surface area (Å²) >= 11 is 1.55. The number of hydrogen-bond donors (Lipinski definition) is 1. The van der Waals surface area contributed by atoms with E-state index in [1.54, 1.807) is 11.8 Å². The van der Waals surface area contributed by atoms with E-state index in [-0.39, 0.29) is 5.82 Å². The number of nitrogens with zero attached hydrogens (tertiary/aromatic N) is 1. The van der Waals surface area contributed by atoms with E-state index in [4.69, 9.17) is 11.0 Å². The summed E-state index contributed by atoms with van der Waals surface area (Å²) in [5.74, 6) is 0.242. The van der Waals surface area contributed by atoms with Crippen LogP contribution in [0.1, 0.15) is 11.1 Å². The van der Waals surface area contributed by atoms with Crippen molar-refractivity contribution in [3.63, 3.8) is 0 Å². The van der Waals surface area contributed by atoms with Crippen molar-refractivity contribution in [1.29, 1.82) is 5.26 Å². The van der Waals surface area contributed by atoms with Gasteiger partial charge in [-0.15, -0.1) is 11.8 Å². The van der Waals surface area contributed by atoms with Crippen molar-refractivity contribution in [2.24, 2.45) is 0 Å². The molecule has 0 amide bonds. The SMILES string of the molecule is N#Cc1ccc(F)cc1CSc1ccc(N)cc1. The Labute approximate surface area is 109 Å². The first-order valence-electron chi connectivity index (χ1n) is 5.36. The van der Waals surface area contributed by atoms with Crippen LogP contribution in [0, 0.1) is 17.1 Å². The quantitative estimate of drug-likeness (QED) is 0.676. The molecule has 0 spiro atoms. The third-order valence-electron chi connectivity index (χ3n) is 2.46. The maximum atomic E-state index is 13.1. The largest absolute Gasteiger partial charge is 0.399 e. The van der Waals surface area contributed by atoms with Gasteiger partial charge in [-0.3, -0.25) is 0 Å². The third kappa shape index (κ3) is 3.02. The van der Waals surface area contributed by atoms with E-state index in [0.717, 1.165) is 4.90 Å². The Morgan fingerprint density at radius 2 is 1.89 bits per heavy atom. The normalized spacial score (nSPS) is 10.0. The molecule has 90 valence electrons. The van der Waals surface area contributed by atoms with E-state index in [0.29, 0.717) is 22.6 Å². The number of rotatable bonds is 3. The summed E-state index contributed by atoms with van der Waals surface area (Å²) < 4.78 is 13.1. The minimum absolute atomic E-state index is 0.318. The van der Waals surface area contributed by atoms with Crippen LogP contribution in [-0.4, -0.2) is 0 Å². The van der Waals surface area contributed by atoms with Crippen LogP contribution in [0.15, 0.2) is 47.4 Å². The first-order chi connectivity index (χ1) is 8.69. The third-order valence-corrected chi connectivity index (χ3v) is 3.52. The molecule has 18 heavy (non-hydrogen) atoms. The number of nitrogens with two attached hydrogens (primary N) is 1. The molecule has 0 heterocycles. The molecule has 4 heteroatoms. The van der Waals surface area contributed by atoms with Crippen LogP contribution in [-0.2, 0) is 5.75 Å². The molecule has 0 bridgehead atoms. The smallest absolute Gasteiger partial charge is 0.123 e. The van der Waals surface area contributed by atoms with E-state index in [1.807, 2.05) is 24.3 Å². The van der Waals surface area contributed by atoms with Crippen LogP contribution < -0.4 is 5.73 Å². The van der Waals surface area contributed by atoms with Crippen LogP contribution in [0.5, 0.6) is 0 Å². The summed E-state index contributed by atoms with van der Waals surface area (Å²) in [4.78, 5) is 1.04. The second kappa shape index (κ2) is 5.56. The molecule has 0 aliphatic carbocycles. The highest BCUT2D eigenvalue weighted by molar-refractivity contribution is 7.98. The number of benzene rings is 2. The van der Waals surface area contributed by atoms with Gasteiger partial charge >= 0.3 is 0 Å². The molecular formula is C14H11FN2S. The summed E-state index contributed by atoms with van der Waals surface area (Å²) in [6.07, 6.45) is 0. The molecule has 0 atom stereocenters. The summed E-state index contributed by atoms with van der Waals surface area (Å²) in [5.41, 5.74) is 7.53. The Kier molecular flexibility index (Phi) is 3.85. The Morgan fingerprint density at radius 3 is 2.56 bits per heavy atom. The van der Waals surface area contributed by atoms with E-state index in [2.05, 4.69) is 6.07 Å². The first kappa shape index (κ1) is 12.5. The second-order valence-corrected chi connectivity index (χ2v) is 4.82.